The average molecular weight is 652 g/mol. The Morgan fingerprint density at radius 3 is 1.55 bits per heavy atom. The molecule has 0 radical (unpaired) electrons. The molecule has 238 valence electrons. The van der Waals surface area contributed by atoms with Gasteiger partial charge >= 0.3 is 0 Å². The van der Waals surface area contributed by atoms with Gasteiger partial charge in [-0.15, -0.1) is 0 Å². The third-order valence-electron chi connectivity index (χ3n) is 11.2. The van der Waals surface area contributed by atoms with E-state index in [2.05, 4.69) is 144 Å². The van der Waals surface area contributed by atoms with Crippen molar-refractivity contribution in [2.24, 2.45) is 0 Å². The van der Waals surface area contributed by atoms with Crippen molar-refractivity contribution in [3.8, 4) is 22.3 Å². The summed E-state index contributed by atoms with van der Waals surface area (Å²) in [5, 5.41) is 9.30. The van der Waals surface area contributed by atoms with E-state index in [9.17, 15) is 0 Å². The predicted octanol–water partition coefficient (Wildman–Crippen LogP) is 13.7. The number of rotatable bonds is 3. The van der Waals surface area contributed by atoms with Crippen LogP contribution in [0.25, 0.3) is 110 Å². The molecule has 0 bridgehead atoms. The number of allylic oxidation sites excluding steroid dienone is 4. The molecule has 0 aliphatic heterocycles. The molecule has 11 aromatic rings. The van der Waals surface area contributed by atoms with Crippen LogP contribution < -0.4 is 0 Å². The Labute approximate surface area is 292 Å². The second-order valence-electron chi connectivity index (χ2n) is 14.0. The number of aromatic nitrogens is 1. The van der Waals surface area contributed by atoms with E-state index in [0.717, 1.165) is 67.8 Å². The van der Waals surface area contributed by atoms with Gasteiger partial charge in [0.05, 0.1) is 16.6 Å². The molecule has 0 N–H and O–H groups in total. The summed E-state index contributed by atoms with van der Waals surface area (Å²) in [5.74, 6) is 0. The van der Waals surface area contributed by atoms with Gasteiger partial charge in [-0.25, -0.2) is 0 Å². The van der Waals surface area contributed by atoms with Crippen LogP contribution in [0.1, 0.15) is 18.4 Å². The zero-order chi connectivity index (χ0) is 33.2. The van der Waals surface area contributed by atoms with E-state index >= 15 is 0 Å². The zero-order valence-corrected chi connectivity index (χ0v) is 27.6. The number of hydrogen-bond acceptors (Lipinski definition) is 2. The van der Waals surface area contributed by atoms with Gasteiger partial charge in [0.2, 0.25) is 0 Å². The highest BCUT2D eigenvalue weighted by atomic mass is 16.3. The SMILES string of the molecule is C1=CCCC(c2cc(-c3ccccc3)cc(-c3cc4c5ccc6c7ccccc7oc6c5n5c4c(c3)c3ccc4c6ccccc6oc4c35)c2)=C1. The van der Waals surface area contributed by atoms with E-state index in [-0.39, 0.29) is 0 Å². The highest BCUT2D eigenvalue weighted by Crippen LogP contribution is 2.48. The minimum absolute atomic E-state index is 0.899. The third kappa shape index (κ3) is 3.72. The van der Waals surface area contributed by atoms with Crippen molar-refractivity contribution >= 4 is 87.5 Å². The number of furan rings is 2. The molecule has 0 atom stereocenters. The maximum absolute atomic E-state index is 6.75. The molecule has 0 saturated carbocycles. The first-order valence-electron chi connectivity index (χ1n) is 17.7. The summed E-state index contributed by atoms with van der Waals surface area (Å²) in [6.45, 7) is 0. The minimum atomic E-state index is 0.899. The summed E-state index contributed by atoms with van der Waals surface area (Å²) in [6, 6.07) is 48.4. The molecular formula is C48H29NO2. The molecule has 4 aromatic heterocycles. The largest absolute Gasteiger partial charge is 0.454 e. The molecule has 1 aliphatic carbocycles. The van der Waals surface area contributed by atoms with Crippen LogP contribution in [-0.2, 0) is 0 Å². The standard InChI is InChI=1S/C48H29NO2/c1-3-11-28(12-4-1)30-23-31(29-13-5-2-6-14-29)25-32(24-30)33-26-40-36-19-21-38-34-15-7-9-17-42(34)50-47(38)45(36)49-44(40)41(27-33)37-20-22-39-35-16-8-10-18-43(35)51-48(39)46(37)49/h1-5,7-13,15-27H,6,14H2. The second kappa shape index (κ2) is 9.99. The Hall–Kier alpha value is -6.58. The van der Waals surface area contributed by atoms with E-state index in [1.165, 1.54) is 60.5 Å². The summed E-state index contributed by atoms with van der Waals surface area (Å²) in [6.07, 6.45) is 8.84. The van der Waals surface area contributed by atoms with Gasteiger partial charge in [0.15, 0.2) is 11.2 Å². The van der Waals surface area contributed by atoms with Gasteiger partial charge in [-0.3, -0.25) is 0 Å². The van der Waals surface area contributed by atoms with Crippen molar-refractivity contribution in [3.63, 3.8) is 0 Å². The summed E-state index contributed by atoms with van der Waals surface area (Å²) in [4.78, 5) is 0. The summed E-state index contributed by atoms with van der Waals surface area (Å²) < 4.78 is 15.9. The molecule has 7 aromatic carbocycles. The molecule has 12 rings (SSSR count). The Kier molecular flexibility index (Phi) is 5.34. The van der Waals surface area contributed by atoms with Crippen molar-refractivity contribution < 1.29 is 8.83 Å². The quantitative estimate of drug-likeness (QED) is 0.190. The van der Waals surface area contributed by atoms with Gasteiger partial charge < -0.3 is 13.2 Å². The van der Waals surface area contributed by atoms with Gasteiger partial charge in [0, 0.05) is 43.1 Å². The normalized spacial score (nSPS) is 13.8. The summed E-state index contributed by atoms with van der Waals surface area (Å²) in [5.41, 5.74) is 14.5. The van der Waals surface area contributed by atoms with Gasteiger partial charge in [-0.05, 0) is 101 Å². The molecular weight excluding hydrogens is 623 g/mol. The first-order chi connectivity index (χ1) is 25.3. The topological polar surface area (TPSA) is 30.7 Å². The smallest absolute Gasteiger partial charge is 0.160 e. The average Bonchev–Trinajstić information content (AvgIpc) is 3.94. The van der Waals surface area contributed by atoms with Crippen LogP contribution in [0, 0.1) is 0 Å². The fourth-order valence-corrected chi connectivity index (χ4v) is 8.84. The molecule has 3 heteroatoms. The van der Waals surface area contributed by atoms with Crippen LogP contribution in [0.3, 0.4) is 0 Å². The molecule has 0 unspecified atom stereocenters. The first kappa shape index (κ1) is 27.3. The molecule has 3 nitrogen and oxygen atoms in total. The zero-order valence-electron chi connectivity index (χ0n) is 27.6. The number of hydrogen-bond donors (Lipinski definition) is 0. The Morgan fingerprint density at radius 1 is 0.412 bits per heavy atom. The van der Waals surface area contributed by atoms with Crippen molar-refractivity contribution in [1.82, 2.24) is 4.40 Å². The lowest BCUT2D eigenvalue weighted by Gasteiger charge is -2.15. The van der Waals surface area contributed by atoms with Gasteiger partial charge in [0.25, 0.3) is 0 Å². The monoisotopic (exact) mass is 651 g/mol. The van der Waals surface area contributed by atoms with E-state index in [4.69, 9.17) is 8.83 Å². The second-order valence-corrected chi connectivity index (χ2v) is 14.0. The van der Waals surface area contributed by atoms with E-state index in [1.54, 1.807) is 0 Å². The Morgan fingerprint density at radius 2 is 0.941 bits per heavy atom. The van der Waals surface area contributed by atoms with Crippen molar-refractivity contribution in [2.45, 2.75) is 12.8 Å². The highest BCUT2D eigenvalue weighted by molar-refractivity contribution is 6.32. The predicted molar refractivity (Wildman–Crippen MR) is 213 cm³/mol. The molecule has 4 heterocycles. The maximum Gasteiger partial charge on any atom is 0.160 e. The van der Waals surface area contributed by atoms with Gasteiger partial charge in [0.1, 0.15) is 11.2 Å². The Bertz CT molecular complexity index is 3140. The lowest BCUT2D eigenvalue weighted by Crippen LogP contribution is -1.91. The number of nitrogens with zero attached hydrogens (tertiary/aromatic N) is 1. The number of benzene rings is 7. The lowest BCUT2D eigenvalue weighted by molar-refractivity contribution is 0.670. The molecule has 0 saturated heterocycles. The third-order valence-corrected chi connectivity index (χ3v) is 11.2. The van der Waals surface area contributed by atoms with Crippen LogP contribution in [-0.4, -0.2) is 4.40 Å². The molecule has 0 amide bonds. The van der Waals surface area contributed by atoms with E-state index < -0.39 is 0 Å². The van der Waals surface area contributed by atoms with Gasteiger partial charge in [-0.1, -0.05) is 97.1 Å². The molecule has 51 heavy (non-hydrogen) atoms. The Balaban J connectivity index is 1.24. The number of fused-ring (bicyclic) bond motifs is 14. The fourth-order valence-electron chi connectivity index (χ4n) is 8.84. The van der Waals surface area contributed by atoms with Crippen LogP contribution in [0.4, 0.5) is 0 Å². The fraction of sp³-hybridized carbons (Fsp3) is 0.0417. The maximum atomic E-state index is 6.75. The minimum Gasteiger partial charge on any atom is -0.454 e. The highest BCUT2D eigenvalue weighted by Gasteiger charge is 2.25. The molecule has 1 aliphatic rings. The van der Waals surface area contributed by atoms with Crippen LogP contribution in [0.2, 0.25) is 0 Å². The van der Waals surface area contributed by atoms with Crippen LogP contribution in [0.15, 0.2) is 161 Å². The van der Waals surface area contributed by atoms with Crippen molar-refractivity contribution in [2.75, 3.05) is 0 Å². The van der Waals surface area contributed by atoms with E-state index in [0.29, 0.717) is 0 Å². The molecule has 0 fully saturated rings. The lowest BCUT2D eigenvalue weighted by atomic mass is 9.89. The summed E-state index contributed by atoms with van der Waals surface area (Å²) >= 11 is 0. The summed E-state index contributed by atoms with van der Waals surface area (Å²) in [7, 11) is 0. The number of para-hydroxylation sites is 2. The van der Waals surface area contributed by atoms with Crippen LogP contribution in [0.5, 0.6) is 0 Å². The van der Waals surface area contributed by atoms with Crippen molar-refractivity contribution in [3.05, 3.63) is 157 Å². The van der Waals surface area contributed by atoms with E-state index in [1.807, 2.05) is 12.1 Å². The first-order valence-corrected chi connectivity index (χ1v) is 17.7. The van der Waals surface area contributed by atoms with Crippen molar-refractivity contribution in [1.29, 1.82) is 0 Å². The molecule has 0 spiro atoms. The van der Waals surface area contributed by atoms with Crippen LogP contribution >= 0.6 is 0 Å². The van der Waals surface area contributed by atoms with Gasteiger partial charge in [-0.2, -0.15) is 0 Å².